The fraction of sp³-hybridized carbons (Fsp3) is 0.100. The fourth-order valence-electron chi connectivity index (χ4n) is 2.39. The van der Waals surface area contributed by atoms with Crippen molar-refractivity contribution in [1.82, 2.24) is 5.43 Å². The summed E-state index contributed by atoms with van der Waals surface area (Å²) in [5.74, 6) is 0.247. The zero-order chi connectivity index (χ0) is 17.6. The van der Waals surface area contributed by atoms with E-state index in [9.17, 15) is 4.79 Å². The number of hydrazone groups is 1. The van der Waals surface area contributed by atoms with Crippen molar-refractivity contribution in [3.8, 4) is 5.75 Å². The highest BCUT2D eigenvalue weighted by atomic mass is 35.5. The number of halogens is 1. The molecule has 0 aliphatic carbocycles. The number of amides is 1. The molecule has 0 aliphatic heterocycles. The van der Waals surface area contributed by atoms with E-state index in [2.05, 4.69) is 10.5 Å². The second-order valence-electron chi connectivity index (χ2n) is 5.52. The molecule has 25 heavy (non-hydrogen) atoms. The molecule has 0 heterocycles. The standard InChI is InChI=1S/C20H17ClN2O2/c1-14(25-18-11-9-17(21)10-12-18)20(24)23-22-13-16-7-4-6-15-5-2-3-8-19(15)16/h2-14H,1H3,(H,23,24)/t14-/m0/s1. The number of nitrogens with one attached hydrogen (secondary N) is 1. The van der Waals surface area contributed by atoms with Gasteiger partial charge in [-0.2, -0.15) is 5.10 Å². The molecule has 0 aromatic heterocycles. The van der Waals surface area contributed by atoms with E-state index in [1.165, 1.54) is 0 Å². The predicted octanol–water partition coefficient (Wildman–Crippen LogP) is 4.41. The summed E-state index contributed by atoms with van der Waals surface area (Å²) < 4.78 is 5.56. The summed E-state index contributed by atoms with van der Waals surface area (Å²) in [6, 6.07) is 20.8. The van der Waals surface area contributed by atoms with Gasteiger partial charge in [-0.1, -0.05) is 54.1 Å². The van der Waals surface area contributed by atoms with E-state index in [0.717, 1.165) is 16.3 Å². The van der Waals surface area contributed by atoms with Gasteiger partial charge in [-0.25, -0.2) is 5.43 Å². The SMILES string of the molecule is C[C@H](Oc1ccc(Cl)cc1)C(=O)NN=Cc1cccc2ccccc12. The van der Waals surface area contributed by atoms with E-state index < -0.39 is 6.10 Å². The molecular weight excluding hydrogens is 336 g/mol. The van der Waals surface area contributed by atoms with Crippen molar-refractivity contribution < 1.29 is 9.53 Å². The van der Waals surface area contributed by atoms with Gasteiger partial charge in [0.05, 0.1) is 6.21 Å². The largest absolute Gasteiger partial charge is 0.481 e. The first-order chi connectivity index (χ1) is 12.1. The minimum Gasteiger partial charge on any atom is -0.481 e. The van der Waals surface area contributed by atoms with Crippen molar-refractivity contribution in [1.29, 1.82) is 0 Å². The van der Waals surface area contributed by atoms with Crippen molar-refractivity contribution in [2.75, 3.05) is 0 Å². The molecular formula is C20H17ClN2O2. The molecule has 3 aromatic carbocycles. The normalized spacial score (nSPS) is 12.2. The van der Waals surface area contributed by atoms with Crippen LogP contribution in [0.3, 0.4) is 0 Å². The first-order valence-corrected chi connectivity index (χ1v) is 8.24. The Morgan fingerprint density at radius 2 is 1.80 bits per heavy atom. The molecule has 4 nitrogen and oxygen atoms in total. The predicted molar refractivity (Wildman–Crippen MR) is 101 cm³/mol. The smallest absolute Gasteiger partial charge is 0.280 e. The molecule has 126 valence electrons. The number of benzene rings is 3. The third kappa shape index (κ3) is 4.37. The zero-order valence-corrected chi connectivity index (χ0v) is 14.4. The molecule has 0 spiro atoms. The number of carbonyl (C=O) groups excluding carboxylic acids is 1. The number of ether oxygens (including phenoxy) is 1. The molecule has 0 fully saturated rings. The number of carbonyl (C=O) groups is 1. The first-order valence-electron chi connectivity index (χ1n) is 7.86. The molecule has 0 unspecified atom stereocenters. The first kappa shape index (κ1) is 17.0. The molecule has 3 aromatic rings. The highest BCUT2D eigenvalue weighted by molar-refractivity contribution is 6.30. The summed E-state index contributed by atoms with van der Waals surface area (Å²) in [7, 11) is 0. The molecule has 1 N–H and O–H groups in total. The molecule has 0 aliphatic rings. The minimum atomic E-state index is -0.675. The summed E-state index contributed by atoms with van der Waals surface area (Å²) in [5.41, 5.74) is 3.44. The monoisotopic (exact) mass is 352 g/mol. The molecule has 1 atom stereocenters. The summed E-state index contributed by atoms with van der Waals surface area (Å²) >= 11 is 5.82. The summed E-state index contributed by atoms with van der Waals surface area (Å²) in [6.07, 6.45) is 0.959. The van der Waals surface area contributed by atoms with Gasteiger partial charge in [0.15, 0.2) is 6.10 Å². The Kier molecular flexibility index (Phi) is 5.31. The maximum absolute atomic E-state index is 12.1. The molecule has 5 heteroatoms. The highest BCUT2D eigenvalue weighted by Crippen LogP contribution is 2.17. The van der Waals surface area contributed by atoms with Crippen molar-refractivity contribution in [2.45, 2.75) is 13.0 Å². The molecule has 3 rings (SSSR count). The van der Waals surface area contributed by atoms with Crippen LogP contribution in [0.15, 0.2) is 71.8 Å². The number of hydrogen-bond acceptors (Lipinski definition) is 3. The Hall–Kier alpha value is -2.85. The zero-order valence-electron chi connectivity index (χ0n) is 13.6. The van der Waals surface area contributed by atoms with Crippen LogP contribution in [0.25, 0.3) is 10.8 Å². The summed E-state index contributed by atoms with van der Waals surface area (Å²) in [6.45, 7) is 1.66. The summed E-state index contributed by atoms with van der Waals surface area (Å²) in [5, 5.41) is 6.86. The molecule has 0 radical (unpaired) electrons. The second kappa shape index (κ2) is 7.81. The van der Waals surface area contributed by atoms with E-state index in [0.29, 0.717) is 10.8 Å². The van der Waals surface area contributed by atoms with Gasteiger partial charge in [-0.05, 0) is 42.0 Å². The van der Waals surface area contributed by atoms with Crippen LogP contribution in [0, 0.1) is 0 Å². The number of fused-ring (bicyclic) bond motifs is 1. The Bertz CT molecular complexity index is 902. The number of rotatable bonds is 5. The Balaban J connectivity index is 1.62. The van der Waals surface area contributed by atoms with Crippen LogP contribution in [-0.2, 0) is 4.79 Å². The van der Waals surface area contributed by atoms with Gasteiger partial charge >= 0.3 is 0 Å². The van der Waals surface area contributed by atoms with E-state index in [1.807, 2.05) is 42.5 Å². The van der Waals surface area contributed by atoms with Crippen molar-refractivity contribution in [2.24, 2.45) is 5.10 Å². The van der Waals surface area contributed by atoms with Crippen molar-refractivity contribution in [3.05, 3.63) is 77.3 Å². The molecule has 1 amide bonds. The minimum absolute atomic E-state index is 0.327. The number of nitrogens with zero attached hydrogens (tertiary/aromatic N) is 1. The van der Waals surface area contributed by atoms with Crippen molar-refractivity contribution >= 4 is 34.5 Å². The third-order valence-electron chi connectivity index (χ3n) is 3.70. The van der Waals surface area contributed by atoms with Gasteiger partial charge in [-0.15, -0.1) is 0 Å². The lowest BCUT2D eigenvalue weighted by atomic mass is 10.1. The Labute approximate surface area is 151 Å². The van der Waals surface area contributed by atoms with E-state index in [4.69, 9.17) is 16.3 Å². The highest BCUT2D eigenvalue weighted by Gasteiger charge is 2.13. The topological polar surface area (TPSA) is 50.7 Å². The van der Waals surface area contributed by atoms with Crippen LogP contribution in [0.2, 0.25) is 5.02 Å². The van der Waals surface area contributed by atoms with Gasteiger partial charge in [-0.3, -0.25) is 4.79 Å². The van der Waals surface area contributed by atoms with Crippen LogP contribution in [0.5, 0.6) is 5.75 Å². The van der Waals surface area contributed by atoms with Gasteiger partial charge in [0.25, 0.3) is 5.91 Å². The van der Waals surface area contributed by atoms with Gasteiger partial charge in [0.2, 0.25) is 0 Å². The maximum Gasteiger partial charge on any atom is 0.280 e. The molecule has 0 saturated carbocycles. The second-order valence-corrected chi connectivity index (χ2v) is 5.95. The Morgan fingerprint density at radius 1 is 1.08 bits per heavy atom. The Morgan fingerprint density at radius 3 is 2.60 bits per heavy atom. The van der Waals surface area contributed by atoms with Crippen LogP contribution < -0.4 is 10.2 Å². The van der Waals surface area contributed by atoms with E-state index in [-0.39, 0.29) is 5.91 Å². The average Bonchev–Trinajstić information content (AvgIpc) is 2.63. The number of hydrogen-bond donors (Lipinski definition) is 1. The van der Waals surface area contributed by atoms with Gasteiger partial charge in [0.1, 0.15) is 5.75 Å². The fourth-order valence-corrected chi connectivity index (χ4v) is 2.52. The average molecular weight is 353 g/mol. The van der Waals surface area contributed by atoms with Gasteiger partial charge in [0, 0.05) is 10.6 Å². The van der Waals surface area contributed by atoms with Crippen LogP contribution >= 0.6 is 11.6 Å². The lowest BCUT2D eigenvalue weighted by Gasteiger charge is -2.12. The van der Waals surface area contributed by atoms with Gasteiger partial charge < -0.3 is 4.74 Å². The molecule has 0 saturated heterocycles. The third-order valence-corrected chi connectivity index (χ3v) is 3.95. The molecule has 0 bridgehead atoms. The maximum atomic E-state index is 12.1. The lowest BCUT2D eigenvalue weighted by molar-refractivity contribution is -0.127. The van der Waals surface area contributed by atoms with E-state index in [1.54, 1.807) is 37.4 Å². The summed E-state index contributed by atoms with van der Waals surface area (Å²) in [4.78, 5) is 12.1. The van der Waals surface area contributed by atoms with Crippen LogP contribution in [-0.4, -0.2) is 18.2 Å². The lowest BCUT2D eigenvalue weighted by Crippen LogP contribution is -2.33. The van der Waals surface area contributed by atoms with E-state index >= 15 is 0 Å². The van der Waals surface area contributed by atoms with Crippen LogP contribution in [0.4, 0.5) is 0 Å². The quantitative estimate of drug-likeness (QED) is 0.546. The van der Waals surface area contributed by atoms with Crippen LogP contribution in [0.1, 0.15) is 12.5 Å². The van der Waals surface area contributed by atoms with Crippen molar-refractivity contribution in [3.63, 3.8) is 0 Å².